The summed E-state index contributed by atoms with van der Waals surface area (Å²) in [5, 5.41) is 5.35. The van der Waals surface area contributed by atoms with Gasteiger partial charge in [-0.25, -0.2) is 9.67 Å². The summed E-state index contributed by atoms with van der Waals surface area (Å²) < 4.78 is 1.94. The van der Waals surface area contributed by atoms with Crippen molar-refractivity contribution in [2.75, 3.05) is 5.75 Å². The van der Waals surface area contributed by atoms with Crippen molar-refractivity contribution < 1.29 is 4.79 Å². The van der Waals surface area contributed by atoms with Crippen LogP contribution >= 0.6 is 11.8 Å². The van der Waals surface area contributed by atoms with E-state index in [1.807, 2.05) is 39.9 Å². The highest BCUT2D eigenvalue weighted by atomic mass is 32.2. The number of rotatable bonds is 7. The van der Waals surface area contributed by atoms with Crippen LogP contribution in [0.3, 0.4) is 0 Å². The molecule has 0 N–H and O–H groups in total. The molecule has 1 aliphatic rings. The lowest BCUT2D eigenvalue weighted by molar-refractivity contribution is -0.131. The predicted molar refractivity (Wildman–Crippen MR) is 101 cm³/mol. The van der Waals surface area contributed by atoms with Crippen molar-refractivity contribution in [1.29, 1.82) is 0 Å². The predicted octanol–water partition coefficient (Wildman–Crippen LogP) is 3.88. The molecule has 25 heavy (non-hydrogen) atoms. The van der Waals surface area contributed by atoms with E-state index in [1.165, 1.54) is 24.6 Å². The molecule has 1 amide bonds. The van der Waals surface area contributed by atoms with Gasteiger partial charge in [-0.2, -0.15) is 0 Å². The Morgan fingerprint density at radius 1 is 1.20 bits per heavy atom. The Balaban J connectivity index is 1.74. The smallest absolute Gasteiger partial charge is 0.233 e. The molecule has 1 fully saturated rings. The van der Waals surface area contributed by atoms with Gasteiger partial charge in [0.25, 0.3) is 0 Å². The molecule has 3 rings (SSSR count). The Hall–Kier alpha value is -1.82. The quantitative estimate of drug-likeness (QED) is 0.705. The fraction of sp³-hybridized carbons (Fsp3) is 0.526. The highest BCUT2D eigenvalue weighted by molar-refractivity contribution is 7.99. The number of aromatic nitrogens is 3. The molecule has 0 saturated heterocycles. The zero-order valence-corrected chi connectivity index (χ0v) is 16.2. The van der Waals surface area contributed by atoms with E-state index in [4.69, 9.17) is 4.98 Å². The lowest BCUT2D eigenvalue weighted by atomic mass is 10.2. The first-order valence-electron chi connectivity index (χ1n) is 8.93. The minimum atomic E-state index is 0.138. The van der Waals surface area contributed by atoms with Crippen LogP contribution in [0.2, 0.25) is 0 Å². The van der Waals surface area contributed by atoms with Crippen LogP contribution in [-0.4, -0.2) is 43.4 Å². The summed E-state index contributed by atoms with van der Waals surface area (Å²) in [5.74, 6) is 2.03. The summed E-state index contributed by atoms with van der Waals surface area (Å²) in [6.07, 6.45) is 2.34. The highest BCUT2D eigenvalue weighted by Crippen LogP contribution is 2.40. The molecule has 0 atom stereocenters. The average Bonchev–Trinajstić information content (AvgIpc) is 3.33. The van der Waals surface area contributed by atoms with E-state index in [0.717, 1.165) is 11.5 Å². The minimum Gasteiger partial charge on any atom is -0.337 e. The number of hydrogen-bond acceptors (Lipinski definition) is 4. The summed E-state index contributed by atoms with van der Waals surface area (Å²) in [4.78, 5) is 19.2. The third-order valence-corrected chi connectivity index (χ3v) is 5.10. The van der Waals surface area contributed by atoms with Crippen LogP contribution in [0.1, 0.15) is 52.3 Å². The number of hydrogen-bond donors (Lipinski definition) is 0. The normalized spacial score (nSPS) is 14.3. The number of nitrogens with zero attached hydrogens (tertiary/aromatic N) is 4. The van der Waals surface area contributed by atoms with Crippen molar-refractivity contribution in [3.8, 4) is 5.69 Å². The first-order valence-corrected chi connectivity index (χ1v) is 9.92. The zero-order chi connectivity index (χ0) is 18.0. The van der Waals surface area contributed by atoms with Crippen LogP contribution < -0.4 is 0 Å². The van der Waals surface area contributed by atoms with Crippen molar-refractivity contribution in [2.45, 2.75) is 63.7 Å². The van der Waals surface area contributed by atoms with E-state index in [0.29, 0.717) is 16.8 Å². The number of amides is 1. The summed E-state index contributed by atoms with van der Waals surface area (Å²) in [5.41, 5.74) is 1.03. The Kier molecular flexibility index (Phi) is 5.47. The van der Waals surface area contributed by atoms with E-state index in [1.54, 1.807) is 0 Å². The fourth-order valence-electron chi connectivity index (χ4n) is 3.10. The molecule has 1 aromatic carbocycles. The number of thioether (sulfide) groups is 1. The van der Waals surface area contributed by atoms with Gasteiger partial charge >= 0.3 is 0 Å². The third kappa shape index (κ3) is 4.24. The molecule has 134 valence electrons. The summed E-state index contributed by atoms with van der Waals surface area (Å²) >= 11 is 1.43. The average molecular weight is 359 g/mol. The fourth-order valence-corrected chi connectivity index (χ4v) is 3.80. The van der Waals surface area contributed by atoms with Crippen LogP contribution in [0.5, 0.6) is 0 Å². The number of carbonyl (C=O) groups excluding carboxylic acids is 1. The van der Waals surface area contributed by atoms with Crippen molar-refractivity contribution >= 4 is 17.7 Å². The molecule has 0 aliphatic heterocycles. The second kappa shape index (κ2) is 7.60. The largest absolute Gasteiger partial charge is 0.337 e. The third-order valence-electron chi connectivity index (χ3n) is 4.28. The lowest BCUT2D eigenvalue weighted by Gasteiger charge is -2.30. The molecule has 2 aromatic rings. The van der Waals surface area contributed by atoms with E-state index in [9.17, 15) is 4.79 Å². The molecule has 0 unspecified atom stereocenters. The maximum Gasteiger partial charge on any atom is 0.233 e. The molecule has 1 aromatic heterocycles. The van der Waals surface area contributed by atoms with Crippen molar-refractivity contribution in [2.24, 2.45) is 0 Å². The molecular formula is C19H26N4OS. The first-order chi connectivity index (χ1) is 12.0. The summed E-state index contributed by atoms with van der Waals surface area (Å²) in [6.45, 7) is 8.21. The van der Waals surface area contributed by atoms with Gasteiger partial charge in [-0.15, -0.1) is 5.10 Å². The number of carbonyl (C=O) groups is 1. The lowest BCUT2D eigenvalue weighted by Crippen LogP contribution is -2.43. The molecule has 1 aliphatic carbocycles. The Bertz CT molecular complexity index is 714. The second-order valence-corrected chi connectivity index (χ2v) is 7.99. The molecule has 0 spiro atoms. The van der Waals surface area contributed by atoms with Crippen molar-refractivity contribution in [1.82, 2.24) is 19.7 Å². The van der Waals surface area contributed by atoms with Crippen LogP contribution in [0.25, 0.3) is 5.69 Å². The van der Waals surface area contributed by atoms with E-state index >= 15 is 0 Å². The maximum absolute atomic E-state index is 12.6. The van der Waals surface area contributed by atoms with E-state index in [-0.39, 0.29) is 18.0 Å². The maximum atomic E-state index is 12.6. The van der Waals surface area contributed by atoms with Gasteiger partial charge in [-0.1, -0.05) is 30.0 Å². The molecule has 0 bridgehead atoms. The molecule has 1 heterocycles. The Morgan fingerprint density at radius 2 is 1.84 bits per heavy atom. The van der Waals surface area contributed by atoms with Gasteiger partial charge in [0.1, 0.15) is 5.82 Å². The van der Waals surface area contributed by atoms with Crippen LogP contribution in [0.4, 0.5) is 0 Å². The van der Waals surface area contributed by atoms with Crippen molar-refractivity contribution in [3.63, 3.8) is 0 Å². The van der Waals surface area contributed by atoms with E-state index < -0.39 is 0 Å². The topological polar surface area (TPSA) is 51.0 Å². The molecule has 1 saturated carbocycles. The van der Waals surface area contributed by atoms with E-state index in [2.05, 4.69) is 32.8 Å². The number of para-hydroxylation sites is 1. The molecule has 0 radical (unpaired) electrons. The van der Waals surface area contributed by atoms with Gasteiger partial charge in [0, 0.05) is 18.0 Å². The van der Waals surface area contributed by atoms with Gasteiger partial charge in [0.05, 0.1) is 11.4 Å². The van der Waals surface area contributed by atoms with Crippen LogP contribution in [0.15, 0.2) is 35.5 Å². The Morgan fingerprint density at radius 3 is 2.40 bits per heavy atom. The SMILES string of the molecule is CC(C)N(C(=O)CSc1nc(C2CC2)n(-c2ccccc2)n1)C(C)C. The standard InChI is InChI=1S/C19H26N4OS/c1-13(2)22(14(3)4)17(24)12-25-19-20-18(15-10-11-15)23(21-19)16-8-6-5-7-9-16/h5-9,13-15H,10-12H2,1-4H3. The summed E-state index contributed by atoms with van der Waals surface area (Å²) in [6, 6.07) is 10.5. The zero-order valence-electron chi connectivity index (χ0n) is 15.3. The number of benzene rings is 1. The highest BCUT2D eigenvalue weighted by Gasteiger charge is 2.30. The van der Waals surface area contributed by atoms with Gasteiger partial charge in [-0.05, 0) is 52.7 Å². The molecule has 5 nitrogen and oxygen atoms in total. The van der Waals surface area contributed by atoms with Gasteiger partial charge in [0.2, 0.25) is 11.1 Å². The van der Waals surface area contributed by atoms with Gasteiger partial charge in [0.15, 0.2) is 0 Å². The van der Waals surface area contributed by atoms with Crippen molar-refractivity contribution in [3.05, 3.63) is 36.2 Å². The molecular weight excluding hydrogens is 332 g/mol. The Labute approximate surface area is 153 Å². The van der Waals surface area contributed by atoms with Gasteiger partial charge in [-0.3, -0.25) is 4.79 Å². The second-order valence-electron chi connectivity index (χ2n) is 7.05. The van der Waals surface area contributed by atoms with Gasteiger partial charge < -0.3 is 4.90 Å². The summed E-state index contributed by atoms with van der Waals surface area (Å²) in [7, 11) is 0. The first kappa shape index (κ1) is 18.0. The minimum absolute atomic E-state index is 0.138. The molecule has 6 heteroatoms. The van der Waals surface area contributed by atoms with Crippen LogP contribution in [0, 0.1) is 0 Å². The monoisotopic (exact) mass is 358 g/mol. The van der Waals surface area contributed by atoms with Crippen LogP contribution in [-0.2, 0) is 4.79 Å².